The third kappa shape index (κ3) is 2.35. The fourth-order valence-corrected chi connectivity index (χ4v) is 1.85. The molecular formula is C13H16O3. The lowest BCUT2D eigenvalue weighted by molar-refractivity contribution is -0.131. The van der Waals surface area contributed by atoms with Crippen molar-refractivity contribution in [3.63, 3.8) is 0 Å². The number of fused-ring (bicyclic) bond motifs is 1. The topological polar surface area (TPSA) is 35.5 Å². The van der Waals surface area contributed by atoms with E-state index in [0.717, 1.165) is 18.6 Å². The maximum Gasteiger partial charge on any atom is 0.308 e. The van der Waals surface area contributed by atoms with Crippen LogP contribution in [0.4, 0.5) is 0 Å². The maximum atomic E-state index is 10.8. The summed E-state index contributed by atoms with van der Waals surface area (Å²) in [5.41, 5.74) is 1.04. The molecule has 0 unspecified atom stereocenters. The van der Waals surface area contributed by atoms with Gasteiger partial charge < -0.3 is 9.47 Å². The number of carbonyl (C=O) groups excluding carboxylic acids is 1. The lowest BCUT2D eigenvalue weighted by Gasteiger charge is -2.32. The van der Waals surface area contributed by atoms with Crippen molar-refractivity contribution in [2.75, 3.05) is 0 Å². The molecule has 1 aliphatic rings. The summed E-state index contributed by atoms with van der Waals surface area (Å²) < 4.78 is 10.9. The zero-order chi connectivity index (χ0) is 11.8. The van der Waals surface area contributed by atoms with Crippen molar-refractivity contribution in [3.8, 4) is 11.5 Å². The zero-order valence-electron chi connectivity index (χ0n) is 9.87. The molecule has 16 heavy (non-hydrogen) atoms. The van der Waals surface area contributed by atoms with Gasteiger partial charge in [-0.25, -0.2) is 0 Å². The highest BCUT2D eigenvalue weighted by Gasteiger charge is 2.26. The predicted molar refractivity (Wildman–Crippen MR) is 60.8 cm³/mol. The molecule has 0 bridgehead atoms. The third-order valence-corrected chi connectivity index (χ3v) is 2.68. The van der Waals surface area contributed by atoms with Crippen LogP contribution in [0.25, 0.3) is 0 Å². The first-order valence-corrected chi connectivity index (χ1v) is 5.47. The van der Waals surface area contributed by atoms with Gasteiger partial charge in [-0.15, -0.1) is 0 Å². The molecule has 0 radical (unpaired) electrons. The van der Waals surface area contributed by atoms with Crippen molar-refractivity contribution < 1.29 is 14.3 Å². The summed E-state index contributed by atoms with van der Waals surface area (Å²) in [6, 6.07) is 5.56. The van der Waals surface area contributed by atoms with Gasteiger partial charge in [0.2, 0.25) is 0 Å². The molecule has 3 heteroatoms. The fraction of sp³-hybridized carbons (Fsp3) is 0.462. The molecule has 0 saturated carbocycles. The first kappa shape index (κ1) is 11.0. The highest BCUT2D eigenvalue weighted by atomic mass is 16.5. The first-order valence-electron chi connectivity index (χ1n) is 5.47. The number of benzene rings is 1. The Morgan fingerprint density at radius 2 is 2.19 bits per heavy atom. The smallest absolute Gasteiger partial charge is 0.308 e. The average Bonchev–Trinajstić information content (AvgIpc) is 2.14. The quantitative estimate of drug-likeness (QED) is 0.539. The van der Waals surface area contributed by atoms with Crippen molar-refractivity contribution in [1.29, 1.82) is 0 Å². The van der Waals surface area contributed by atoms with Crippen LogP contribution in [0.3, 0.4) is 0 Å². The Balaban J connectivity index is 2.27. The summed E-state index contributed by atoms with van der Waals surface area (Å²) in [7, 11) is 0. The van der Waals surface area contributed by atoms with Crippen LogP contribution >= 0.6 is 0 Å². The van der Waals surface area contributed by atoms with Crippen LogP contribution in [0.2, 0.25) is 0 Å². The molecule has 0 atom stereocenters. The van der Waals surface area contributed by atoms with Gasteiger partial charge in [-0.3, -0.25) is 4.79 Å². The number of hydrogen-bond donors (Lipinski definition) is 0. The minimum atomic E-state index is -0.310. The van der Waals surface area contributed by atoms with E-state index in [1.807, 2.05) is 12.1 Å². The van der Waals surface area contributed by atoms with Gasteiger partial charge in [0.05, 0.1) is 0 Å². The largest absolute Gasteiger partial charge is 0.487 e. The SMILES string of the molecule is CC(=O)Oc1ccc2c(c1)OC(C)(C)CC2. The molecule has 3 nitrogen and oxygen atoms in total. The normalized spacial score (nSPS) is 17.2. The Labute approximate surface area is 95.4 Å². The molecule has 1 heterocycles. The van der Waals surface area contributed by atoms with Crippen LogP contribution in [-0.4, -0.2) is 11.6 Å². The molecule has 2 rings (SSSR count). The van der Waals surface area contributed by atoms with Gasteiger partial charge >= 0.3 is 5.97 Å². The fourth-order valence-electron chi connectivity index (χ4n) is 1.85. The molecule has 86 valence electrons. The molecule has 0 aliphatic carbocycles. The molecule has 0 fully saturated rings. The van der Waals surface area contributed by atoms with Crippen molar-refractivity contribution in [2.45, 2.75) is 39.2 Å². The summed E-state index contributed by atoms with van der Waals surface area (Å²) >= 11 is 0. The third-order valence-electron chi connectivity index (χ3n) is 2.68. The van der Waals surface area contributed by atoms with Crippen LogP contribution in [-0.2, 0) is 11.2 Å². The second-order valence-electron chi connectivity index (χ2n) is 4.72. The standard InChI is InChI=1S/C13H16O3/c1-9(14)15-11-5-4-10-6-7-13(2,3)16-12(10)8-11/h4-5,8H,6-7H2,1-3H3. The van der Waals surface area contributed by atoms with E-state index in [0.29, 0.717) is 5.75 Å². The van der Waals surface area contributed by atoms with E-state index in [9.17, 15) is 4.79 Å². The predicted octanol–water partition coefficient (Wildman–Crippen LogP) is 2.72. The number of rotatable bonds is 1. The molecular weight excluding hydrogens is 204 g/mol. The van der Waals surface area contributed by atoms with Gasteiger partial charge in [0, 0.05) is 13.0 Å². The van der Waals surface area contributed by atoms with Crippen LogP contribution in [0.1, 0.15) is 32.8 Å². The van der Waals surface area contributed by atoms with Crippen molar-refractivity contribution >= 4 is 5.97 Å². The lowest BCUT2D eigenvalue weighted by Crippen LogP contribution is -2.32. The van der Waals surface area contributed by atoms with Crippen LogP contribution in [0.15, 0.2) is 18.2 Å². The van der Waals surface area contributed by atoms with Crippen molar-refractivity contribution in [3.05, 3.63) is 23.8 Å². The van der Waals surface area contributed by atoms with Crippen LogP contribution < -0.4 is 9.47 Å². The number of ether oxygens (including phenoxy) is 2. The Hall–Kier alpha value is -1.51. The van der Waals surface area contributed by atoms with E-state index in [1.54, 1.807) is 6.07 Å². The second kappa shape index (κ2) is 3.81. The Bertz CT molecular complexity index is 421. The van der Waals surface area contributed by atoms with E-state index in [2.05, 4.69) is 13.8 Å². The summed E-state index contributed by atoms with van der Waals surface area (Å²) in [6.07, 6.45) is 2.01. The van der Waals surface area contributed by atoms with Crippen molar-refractivity contribution in [1.82, 2.24) is 0 Å². The Kier molecular flexibility index (Phi) is 2.62. The zero-order valence-corrected chi connectivity index (χ0v) is 9.87. The molecule has 0 N–H and O–H groups in total. The first-order chi connectivity index (χ1) is 7.46. The summed E-state index contributed by atoms with van der Waals surface area (Å²) in [6.45, 7) is 5.52. The van der Waals surface area contributed by atoms with Gasteiger partial charge in [-0.05, 0) is 38.3 Å². The average molecular weight is 220 g/mol. The van der Waals surface area contributed by atoms with Gasteiger partial charge in [0.15, 0.2) is 0 Å². The van der Waals surface area contributed by atoms with Crippen LogP contribution in [0, 0.1) is 0 Å². The number of aryl methyl sites for hydroxylation is 1. The summed E-state index contributed by atoms with van der Waals surface area (Å²) in [4.78, 5) is 10.8. The Morgan fingerprint density at radius 3 is 2.88 bits per heavy atom. The monoisotopic (exact) mass is 220 g/mol. The van der Waals surface area contributed by atoms with E-state index in [4.69, 9.17) is 9.47 Å². The summed E-state index contributed by atoms with van der Waals surface area (Å²) in [5.74, 6) is 1.06. The van der Waals surface area contributed by atoms with Gasteiger partial charge in [-0.2, -0.15) is 0 Å². The van der Waals surface area contributed by atoms with E-state index < -0.39 is 0 Å². The second-order valence-corrected chi connectivity index (χ2v) is 4.72. The van der Waals surface area contributed by atoms with Gasteiger partial charge in [-0.1, -0.05) is 6.07 Å². The van der Waals surface area contributed by atoms with E-state index in [-0.39, 0.29) is 11.6 Å². The van der Waals surface area contributed by atoms with E-state index in [1.165, 1.54) is 12.5 Å². The molecule has 1 aromatic rings. The Morgan fingerprint density at radius 1 is 1.44 bits per heavy atom. The molecule has 0 spiro atoms. The molecule has 1 aliphatic heterocycles. The number of esters is 1. The van der Waals surface area contributed by atoms with Gasteiger partial charge in [0.25, 0.3) is 0 Å². The van der Waals surface area contributed by atoms with Crippen LogP contribution in [0.5, 0.6) is 11.5 Å². The number of hydrogen-bond acceptors (Lipinski definition) is 3. The van der Waals surface area contributed by atoms with Gasteiger partial charge in [0.1, 0.15) is 17.1 Å². The highest BCUT2D eigenvalue weighted by Crippen LogP contribution is 2.35. The minimum absolute atomic E-state index is 0.137. The lowest BCUT2D eigenvalue weighted by atomic mass is 9.94. The maximum absolute atomic E-state index is 10.8. The molecule has 0 amide bonds. The molecule has 0 aromatic heterocycles. The van der Waals surface area contributed by atoms with E-state index >= 15 is 0 Å². The molecule has 1 aromatic carbocycles. The minimum Gasteiger partial charge on any atom is -0.487 e. The molecule has 0 saturated heterocycles. The van der Waals surface area contributed by atoms with Crippen molar-refractivity contribution in [2.24, 2.45) is 0 Å². The summed E-state index contributed by atoms with van der Waals surface area (Å²) in [5, 5.41) is 0. The highest BCUT2D eigenvalue weighted by molar-refractivity contribution is 5.69. The number of carbonyl (C=O) groups is 1.